The van der Waals surface area contributed by atoms with Crippen LogP contribution in [0.15, 0.2) is 12.1 Å². The van der Waals surface area contributed by atoms with Crippen LogP contribution in [0.2, 0.25) is 0 Å². The highest BCUT2D eigenvalue weighted by Crippen LogP contribution is 2.18. The van der Waals surface area contributed by atoms with Crippen molar-refractivity contribution in [2.45, 2.75) is 39.3 Å². The molecule has 1 aromatic carbocycles. The predicted molar refractivity (Wildman–Crippen MR) is 93.7 cm³/mol. The molecule has 0 spiro atoms. The number of rotatable bonds is 4. The Bertz CT molecular complexity index is 701. The molecule has 1 saturated heterocycles. The molecule has 0 saturated carbocycles. The van der Waals surface area contributed by atoms with Crippen molar-refractivity contribution < 1.29 is 9.90 Å². The topological polar surface area (TPSA) is 72.5 Å². The second-order valence-electron chi connectivity index (χ2n) is 6.92. The number of H-pyrrole nitrogens is 1. The normalized spacial score (nSPS) is 18.9. The molecule has 24 heavy (non-hydrogen) atoms. The number of β-amino-alcohol motifs (C(OH)–C–C–N with tert-alkyl or cyclic N) is 1. The first-order chi connectivity index (χ1) is 11.4. The van der Waals surface area contributed by atoms with Crippen molar-refractivity contribution in [1.29, 1.82) is 0 Å². The van der Waals surface area contributed by atoms with Gasteiger partial charge in [-0.2, -0.15) is 0 Å². The first kappa shape index (κ1) is 16.9. The molecule has 1 aliphatic rings. The number of hydrogen-bond acceptors (Lipinski definition) is 4. The largest absolute Gasteiger partial charge is 0.392 e. The highest BCUT2D eigenvalue weighted by Gasteiger charge is 2.21. The first-order valence-electron chi connectivity index (χ1n) is 8.52. The van der Waals surface area contributed by atoms with E-state index in [1.807, 2.05) is 4.90 Å². The van der Waals surface area contributed by atoms with Gasteiger partial charge in [0.1, 0.15) is 5.82 Å². The summed E-state index contributed by atoms with van der Waals surface area (Å²) >= 11 is 0. The lowest BCUT2D eigenvalue weighted by atomic mass is 10.1. The van der Waals surface area contributed by atoms with Crippen LogP contribution < -0.4 is 0 Å². The molecule has 6 nitrogen and oxygen atoms in total. The van der Waals surface area contributed by atoms with Crippen LogP contribution in [0.5, 0.6) is 0 Å². The second kappa shape index (κ2) is 6.91. The number of carbonyl (C=O) groups is 1. The van der Waals surface area contributed by atoms with Crippen molar-refractivity contribution in [1.82, 2.24) is 19.8 Å². The fraction of sp³-hybridized carbons (Fsp3) is 0.556. The summed E-state index contributed by atoms with van der Waals surface area (Å²) < 4.78 is 0. The van der Waals surface area contributed by atoms with Gasteiger partial charge >= 0.3 is 0 Å². The van der Waals surface area contributed by atoms with Crippen LogP contribution >= 0.6 is 0 Å². The minimum Gasteiger partial charge on any atom is -0.392 e. The smallest absolute Gasteiger partial charge is 0.236 e. The summed E-state index contributed by atoms with van der Waals surface area (Å²) in [5.41, 5.74) is 4.39. The quantitative estimate of drug-likeness (QED) is 0.893. The molecule has 0 unspecified atom stereocenters. The molecule has 6 heteroatoms. The number of nitrogens with zero attached hydrogens (tertiary/aromatic N) is 3. The van der Waals surface area contributed by atoms with Gasteiger partial charge in [-0.25, -0.2) is 4.98 Å². The van der Waals surface area contributed by atoms with E-state index in [1.54, 1.807) is 11.9 Å². The number of aliphatic hydroxyl groups excluding tert-OH is 1. The van der Waals surface area contributed by atoms with E-state index in [0.717, 1.165) is 36.2 Å². The first-order valence-corrected chi connectivity index (χ1v) is 8.52. The molecule has 0 radical (unpaired) electrons. The molecule has 0 aliphatic carbocycles. The van der Waals surface area contributed by atoms with Gasteiger partial charge in [0.05, 0.1) is 30.2 Å². The summed E-state index contributed by atoms with van der Waals surface area (Å²) in [5.74, 6) is 0.849. The van der Waals surface area contributed by atoms with E-state index >= 15 is 0 Å². The van der Waals surface area contributed by atoms with Crippen LogP contribution in [0.25, 0.3) is 11.0 Å². The lowest BCUT2D eigenvalue weighted by molar-refractivity contribution is -0.132. The van der Waals surface area contributed by atoms with Gasteiger partial charge in [-0.3, -0.25) is 9.69 Å². The van der Waals surface area contributed by atoms with Crippen LogP contribution in [-0.4, -0.2) is 63.6 Å². The minimum absolute atomic E-state index is 0.0527. The Balaban J connectivity index is 1.63. The molecule has 2 N–H and O–H groups in total. The molecule has 1 amide bonds. The van der Waals surface area contributed by atoms with Crippen molar-refractivity contribution in [3.05, 3.63) is 29.1 Å². The van der Waals surface area contributed by atoms with E-state index in [1.165, 1.54) is 11.1 Å². The Hall–Kier alpha value is -1.92. The zero-order valence-corrected chi connectivity index (χ0v) is 14.7. The molecule has 0 bridgehead atoms. The van der Waals surface area contributed by atoms with Gasteiger partial charge in [0.2, 0.25) is 5.91 Å². The predicted octanol–water partition coefficient (Wildman–Crippen LogP) is 1.59. The average Bonchev–Trinajstić information content (AvgIpc) is 2.88. The van der Waals surface area contributed by atoms with Crippen molar-refractivity contribution in [3.63, 3.8) is 0 Å². The third-order valence-electron chi connectivity index (χ3n) is 4.80. The van der Waals surface area contributed by atoms with E-state index in [9.17, 15) is 9.90 Å². The number of imidazole rings is 1. The van der Waals surface area contributed by atoms with Crippen LogP contribution in [0, 0.1) is 13.8 Å². The van der Waals surface area contributed by atoms with Crippen molar-refractivity contribution in [2.75, 3.05) is 26.7 Å². The Labute approximate surface area is 142 Å². The zero-order chi connectivity index (χ0) is 17.3. The number of hydrogen-bond donors (Lipinski definition) is 2. The Kier molecular flexibility index (Phi) is 4.87. The maximum atomic E-state index is 12.4. The number of aromatic amines is 1. The molecule has 2 aromatic rings. The highest BCUT2D eigenvalue weighted by molar-refractivity contribution is 5.79. The van der Waals surface area contributed by atoms with Gasteiger partial charge in [-0.15, -0.1) is 0 Å². The number of fused-ring (bicyclic) bond motifs is 1. The SMILES string of the molecule is Cc1cc2nc(CN(C)C(=O)CN3CCC[C@@H](O)C3)[nH]c2cc1C. The summed E-state index contributed by atoms with van der Waals surface area (Å²) in [6.07, 6.45) is 1.47. The van der Waals surface area contributed by atoms with Crippen LogP contribution in [0.4, 0.5) is 0 Å². The number of nitrogens with one attached hydrogen (secondary N) is 1. The van der Waals surface area contributed by atoms with Crippen molar-refractivity contribution >= 4 is 16.9 Å². The number of aryl methyl sites for hydroxylation is 2. The number of likely N-dealkylation sites (N-methyl/N-ethyl adjacent to an activating group) is 1. The molecule has 1 atom stereocenters. The second-order valence-corrected chi connectivity index (χ2v) is 6.92. The van der Waals surface area contributed by atoms with Crippen LogP contribution in [0.1, 0.15) is 29.8 Å². The Morgan fingerprint density at radius 3 is 2.92 bits per heavy atom. The van der Waals surface area contributed by atoms with E-state index in [-0.39, 0.29) is 12.0 Å². The highest BCUT2D eigenvalue weighted by atomic mass is 16.3. The maximum Gasteiger partial charge on any atom is 0.236 e. The van der Waals surface area contributed by atoms with Gasteiger partial charge < -0.3 is 15.0 Å². The zero-order valence-electron chi connectivity index (χ0n) is 14.7. The summed E-state index contributed by atoms with van der Waals surface area (Å²) in [6.45, 7) is 6.43. The number of likely N-dealkylation sites (tertiary alicyclic amines) is 1. The van der Waals surface area contributed by atoms with Crippen molar-refractivity contribution in [2.24, 2.45) is 0 Å². The Morgan fingerprint density at radius 2 is 2.17 bits per heavy atom. The van der Waals surface area contributed by atoms with E-state index in [4.69, 9.17) is 0 Å². The number of benzene rings is 1. The average molecular weight is 330 g/mol. The summed E-state index contributed by atoms with van der Waals surface area (Å²) in [4.78, 5) is 24.0. The number of carbonyl (C=O) groups excluding carboxylic acids is 1. The summed E-state index contributed by atoms with van der Waals surface area (Å²) in [7, 11) is 1.80. The lowest BCUT2D eigenvalue weighted by Gasteiger charge is -2.30. The number of amides is 1. The van der Waals surface area contributed by atoms with Gasteiger partial charge in [0, 0.05) is 13.6 Å². The fourth-order valence-corrected chi connectivity index (χ4v) is 3.20. The molecule has 1 fully saturated rings. The Morgan fingerprint density at radius 1 is 1.42 bits per heavy atom. The monoisotopic (exact) mass is 330 g/mol. The lowest BCUT2D eigenvalue weighted by Crippen LogP contribution is -2.44. The van der Waals surface area contributed by atoms with Gasteiger partial charge in [0.15, 0.2) is 0 Å². The summed E-state index contributed by atoms with van der Waals surface area (Å²) in [6, 6.07) is 4.17. The van der Waals surface area contributed by atoms with E-state index < -0.39 is 0 Å². The maximum absolute atomic E-state index is 12.4. The van der Waals surface area contributed by atoms with E-state index in [0.29, 0.717) is 19.6 Å². The number of piperidine rings is 1. The van der Waals surface area contributed by atoms with Gasteiger partial charge in [-0.1, -0.05) is 0 Å². The molecule has 130 valence electrons. The van der Waals surface area contributed by atoms with Crippen LogP contribution in [-0.2, 0) is 11.3 Å². The van der Waals surface area contributed by atoms with Crippen molar-refractivity contribution in [3.8, 4) is 0 Å². The fourth-order valence-electron chi connectivity index (χ4n) is 3.20. The molecule has 1 aromatic heterocycles. The van der Waals surface area contributed by atoms with Crippen LogP contribution in [0.3, 0.4) is 0 Å². The van der Waals surface area contributed by atoms with Gasteiger partial charge in [0.25, 0.3) is 0 Å². The summed E-state index contributed by atoms with van der Waals surface area (Å²) in [5, 5.41) is 9.71. The molecule has 3 rings (SSSR count). The molecular weight excluding hydrogens is 304 g/mol. The molecular formula is C18H26N4O2. The minimum atomic E-state index is -0.307. The molecule has 1 aliphatic heterocycles. The third kappa shape index (κ3) is 3.76. The third-order valence-corrected chi connectivity index (χ3v) is 4.80. The van der Waals surface area contributed by atoms with E-state index in [2.05, 4.69) is 35.9 Å². The number of aliphatic hydroxyl groups is 1. The standard InChI is InChI=1S/C18H26N4O2/c1-12-7-15-16(8-13(12)2)20-17(19-15)10-21(3)18(24)11-22-6-4-5-14(23)9-22/h7-8,14,23H,4-6,9-11H2,1-3H3,(H,19,20)/t14-/m1/s1. The molecule has 2 heterocycles. The van der Waals surface area contributed by atoms with Gasteiger partial charge in [-0.05, 0) is 56.5 Å². The number of aromatic nitrogens is 2.